The predicted molar refractivity (Wildman–Crippen MR) is 120 cm³/mol. The lowest BCUT2D eigenvalue weighted by atomic mass is 9.59. The Morgan fingerprint density at radius 1 is 0.690 bits per heavy atom. The maximum atomic E-state index is 2.51. The SMILES string of the molecule is Cc1cccc2c1N(c1cccc[n+]1C)B1c3ccccc3-c3ccccc3N12. The van der Waals surface area contributed by atoms with Crippen LogP contribution in [-0.2, 0) is 7.05 Å². The molecule has 0 fully saturated rings. The number of para-hydroxylation sites is 2. The fraction of sp³-hybridized carbons (Fsp3) is 0.0800. The molecule has 0 spiro atoms. The lowest BCUT2D eigenvalue weighted by Crippen LogP contribution is -2.57. The van der Waals surface area contributed by atoms with Gasteiger partial charge in [0.2, 0.25) is 0 Å². The number of aromatic nitrogens is 1. The first-order valence-electron chi connectivity index (χ1n) is 10.1. The summed E-state index contributed by atoms with van der Waals surface area (Å²) in [6.07, 6.45) is 2.12. The Morgan fingerprint density at radius 2 is 1.41 bits per heavy atom. The Morgan fingerprint density at radius 3 is 2.28 bits per heavy atom. The van der Waals surface area contributed by atoms with E-state index in [2.05, 4.69) is 119 Å². The molecule has 2 aliphatic rings. The lowest BCUT2D eigenvalue weighted by molar-refractivity contribution is -0.658. The van der Waals surface area contributed by atoms with Gasteiger partial charge in [-0.2, -0.15) is 0 Å². The topological polar surface area (TPSA) is 10.4 Å². The van der Waals surface area contributed by atoms with E-state index in [-0.39, 0.29) is 6.98 Å². The maximum Gasteiger partial charge on any atom is 0.543 e. The van der Waals surface area contributed by atoms with Gasteiger partial charge in [0.05, 0.1) is 18.9 Å². The van der Waals surface area contributed by atoms with Gasteiger partial charge < -0.3 is 4.81 Å². The zero-order valence-electron chi connectivity index (χ0n) is 16.6. The summed E-state index contributed by atoms with van der Waals surface area (Å²) in [6, 6.07) is 30.7. The molecule has 0 amide bonds. The minimum Gasteiger partial charge on any atom is -0.335 e. The molecule has 0 bridgehead atoms. The fourth-order valence-corrected chi connectivity index (χ4v) is 4.94. The van der Waals surface area contributed by atoms with Crippen molar-refractivity contribution in [3.63, 3.8) is 0 Å². The fourth-order valence-electron chi connectivity index (χ4n) is 4.94. The van der Waals surface area contributed by atoms with E-state index in [9.17, 15) is 0 Å². The van der Waals surface area contributed by atoms with Crippen LogP contribution in [0, 0.1) is 6.92 Å². The molecule has 0 N–H and O–H groups in total. The summed E-state index contributed by atoms with van der Waals surface area (Å²) in [5.74, 6) is 1.18. The van der Waals surface area contributed by atoms with Crippen LogP contribution in [0.25, 0.3) is 11.1 Å². The molecule has 3 heterocycles. The monoisotopic (exact) mass is 374 g/mol. The molecule has 2 aliphatic heterocycles. The summed E-state index contributed by atoms with van der Waals surface area (Å²) in [5.41, 5.74) is 9.06. The van der Waals surface area contributed by atoms with Crippen LogP contribution in [-0.4, -0.2) is 6.98 Å². The van der Waals surface area contributed by atoms with Gasteiger partial charge in [-0.15, -0.1) is 0 Å². The highest BCUT2D eigenvalue weighted by Gasteiger charge is 2.54. The van der Waals surface area contributed by atoms with Crippen LogP contribution in [0.5, 0.6) is 0 Å². The molecule has 0 saturated heterocycles. The molecule has 3 nitrogen and oxygen atoms in total. The van der Waals surface area contributed by atoms with Crippen LogP contribution in [0.2, 0.25) is 0 Å². The Labute approximate surface area is 171 Å². The van der Waals surface area contributed by atoms with Gasteiger partial charge in [-0.3, -0.25) is 4.81 Å². The molecule has 0 saturated carbocycles. The van der Waals surface area contributed by atoms with Gasteiger partial charge in [-0.05, 0) is 36.2 Å². The summed E-state index contributed by atoms with van der Waals surface area (Å²) in [4.78, 5) is 5.01. The van der Waals surface area contributed by atoms with Crippen molar-refractivity contribution in [1.29, 1.82) is 0 Å². The smallest absolute Gasteiger partial charge is 0.335 e. The second-order valence-corrected chi connectivity index (χ2v) is 7.83. The number of anilines is 4. The molecule has 4 heteroatoms. The largest absolute Gasteiger partial charge is 0.543 e. The third-order valence-corrected chi connectivity index (χ3v) is 6.17. The quantitative estimate of drug-likeness (QED) is 0.359. The van der Waals surface area contributed by atoms with E-state index in [4.69, 9.17) is 0 Å². The second kappa shape index (κ2) is 5.98. The van der Waals surface area contributed by atoms with Crippen LogP contribution >= 0.6 is 0 Å². The molecule has 3 aromatic carbocycles. The van der Waals surface area contributed by atoms with E-state index in [0.29, 0.717) is 0 Å². The number of rotatable bonds is 1. The molecule has 138 valence electrons. The highest BCUT2D eigenvalue weighted by molar-refractivity contribution is 6.86. The number of fused-ring (bicyclic) bond motifs is 8. The maximum absolute atomic E-state index is 2.51. The van der Waals surface area contributed by atoms with Gasteiger partial charge in [-0.25, -0.2) is 4.57 Å². The Hall–Kier alpha value is -3.53. The van der Waals surface area contributed by atoms with E-state index < -0.39 is 0 Å². The molecule has 0 aliphatic carbocycles. The van der Waals surface area contributed by atoms with Crippen molar-refractivity contribution in [3.8, 4) is 11.1 Å². The molecule has 6 rings (SSSR count). The Kier molecular flexibility index (Phi) is 3.39. The molecular weight excluding hydrogens is 353 g/mol. The minimum absolute atomic E-state index is 0.0887. The molecule has 0 atom stereocenters. The van der Waals surface area contributed by atoms with Gasteiger partial charge in [0, 0.05) is 22.8 Å². The highest BCUT2D eigenvalue weighted by Crippen LogP contribution is 2.51. The van der Waals surface area contributed by atoms with Crippen molar-refractivity contribution in [3.05, 3.63) is 96.7 Å². The van der Waals surface area contributed by atoms with E-state index in [1.807, 2.05) is 0 Å². The summed E-state index contributed by atoms with van der Waals surface area (Å²) in [5, 5.41) is 0. The third-order valence-electron chi connectivity index (χ3n) is 6.17. The summed E-state index contributed by atoms with van der Waals surface area (Å²) in [6.45, 7) is 2.30. The normalized spacial score (nSPS) is 13.7. The van der Waals surface area contributed by atoms with E-state index in [0.717, 1.165) is 0 Å². The van der Waals surface area contributed by atoms with Crippen LogP contribution in [0.15, 0.2) is 91.1 Å². The summed E-state index contributed by atoms with van der Waals surface area (Å²) < 4.78 is 2.21. The average molecular weight is 374 g/mol. The van der Waals surface area contributed by atoms with Gasteiger partial charge in [0.1, 0.15) is 5.69 Å². The zero-order chi connectivity index (χ0) is 19.5. The van der Waals surface area contributed by atoms with E-state index in [1.54, 1.807) is 0 Å². The zero-order valence-corrected chi connectivity index (χ0v) is 16.6. The summed E-state index contributed by atoms with van der Waals surface area (Å²) in [7, 11) is 2.12. The lowest BCUT2D eigenvalue weighted by Gasteiger charge is -2.32. The van der Waals surface area contributed by atoms with Gasteiger partial charge in [0.25, 0.3) is 5.82 Å². The molecule has 4 aromatic rings. The number of nitrogens with zero attached hydrogens (tertiary/aromatic N) is 3. The van der Waals surface area contributed by atoms with Crippen molar-refractivity contribution in [2.24, 2.45) is 7.05 Å². The highest BCUT2D eigenvalue weighted by atomic mass is 15.3. The Bertz CT molecular complexity index is 1270. The van der Waals surface area contributed by atoms with Crippen molar-refractivity contribution < 1.29 is 4.57 Å². The minimum atomic E-state index is 0.0887. The number of hydrogen-bond donors (Lipinski definition) is 0. The molecule has 29 heavy (non-hydrogen) atoms. The standard InChI is InChI=1S/C25H21BN3/c1-18-10-9-15-23-25(18)29(24-16-7-8-17-27(24)2)26-21-13-5-3-11-19(21)20-12-4-6-14-22(20)28(23)26/h3-17H,1-2H3/q+1. The first-order valence-corrected chi connectivity index (χ1v) is 10.1. The van der Waals surface area contributed by atoms with Crippen molar-refractivity contribution in [2.45, 2.75) is 6.92 Å². The Balaban J connectivity index is 1.73. The summed E-state index contributed by atoms with van der Waals surface area (Å²) >= 11 is 0. The van der Waals surface area contributed by atoms with Crippen molar-refractivity contribution in [1.82, 2.24) is 0 Å². The van der Waals surface area contributed by atoms with Gasteiger partial charge >= 0.3 is 6.98 Å². The molecule has 0 radical (unpaired) electrons. The van der Waals surface area contributed by atoms with Crippen molar-refractivity contribution in [2.75, 3.05) is 9.62 Å². The number of aryl methyl sites for hydroxylation is 2. The van der Waals surface area contributed by atoms with Crippen LogP contribution in [0.3, 0.4) is 0 Å². The first-order chi connectivity index (χ1) is 14.3. The first kappa shape index (κ1) is 16.4. The number of hydrogen-bond acceptors (Lipinski definition) is 2. The molecular formula is C25H21BN3+. The van der Waals surface area contributed by atoms with Crippen LogP contribution in [0.4, 0.5) is 22.9 Å². The average Bonchev–Trinajstić information content (AvgIpc) is 3.11. The number of pyridine rings is 1. The van der Waals surface area contributed by atoms with Crippen LogP contribution < -0.4 is 19.7 Å². The second-order valence-electron chi connectivity index (χ2n) is 7.83. The van der Waals surface area contributed by atoms with E-state index >= 15 is 0 Å². The van der Waals surface area contributed by atoms with E-state index in [1.165, 1.54) is 45.0 Å². The third kappa shape index (κ3) is 2.17. The van der Waals surface area contributed by atoms with Crippen molar-refractivity contribution >= 4 is 35.3 Å². The van der Waals surface area contributed by atoms with Gasteiger partial charge in [-0.1, -0.05) is 60.7 Å². The molecule has 0 unspecified atom stereocenters. The number of benzene rings is 3. The predicted octanol–water partition coefficient (Wildman–Crippen LogP) is 4.49. The van der Waals surface area contributed by atoms with Gasteiger partial charge in [0.15, 0.2) is 0 Å². The van der Waals surface area contributed by atoms with Crippen LogP contribution in [0.1, 0.15) is 5.56 Å². The molecule has 1 aromatic heterocycles.